The van der Waals surface area contributed by atoms with E-state index in [1.165, 1.54) is 16.5 Å². The van der Waals surface area contributed by atoms with Crippen LogP contribution in [0, 0.1) is 0 Å². The van der Waals surface area contributed by atoms with E-state index in [1.54, 1.807) is 0 Å². The van der Waals surface area contributed by atoms with Crippen molar-refractivity contribution in [2.45, 2.75) is 71.3 Å². The molecule has 0 saturated carbocycles. The number of aromatic nitrogens is 1. The van der Waals surface area contributed by atoms with E-state index in [-0.39, 0.29) is 11.5 Å². The van der Waals surface area contributed by atoms with E-state index < -0.39 is 20.9 Å². The fourth-order valence-electron chi connectivity index (χ4n) is 4.45. The van der Waals surface area contributed by atoms with Crippen LogP contribution in [0.4, 0.5) is 4.39 Å². The van der Waals surface area contributed by atoms with Crippen molar-refractivity contribution in [3.8, 4) is 0 Å². The molecule has 0 spiro atoms. The van der Waals surface area contributed by atoms with Gasteiger partial charge in [-0.2, -0.15) is 0 Å². The molecule has 1 aromatic heterocycles. The maximum atomic E-state index is 15.8. The molecule has 3 aromatic carbocycles. The van der Waals surface area contributed by atoms with Gasteiger partial charge in [-0.05, 0) is 60.2 Å². The first-order chi connectivity index (χ1) is 17.0. The molecular formula is C31H38FN2OSi. The van der Waals surface area contributed by atoms with Gasteiger partial charge in [0.2, 0.25) is 0 Å². The highest BCUT2D eigenvalue weighted by molar-refractivity contribution is 6.80. The summed E-state index contributed by atoms with van der Waals surface area (Å²) in [5.74, 6) is 0. The predicted octanol–water partition coefficient (Wildman–Crippen LogP) is 5.88. The van der Waals surface area contributed by atoms with Crippen molar-refractivity contribution in [1.29, 1.82) is 0 Å². The summed E-state index contributed by atoms with van der Waals surface area (Å²) in [6.07, 6.45) is 1.43. The van der Waals surface area contributed by atoms with E-state index in [2.05, 4.69) is 79.6 Å². The summed E-state index contributed by atoms with van der Waals surface area (Å²) in [5, 5.41) is 6.58. The van der Waals surface area contributed by atoms with E-state index in [1.807, 2.05) is 57.3 Å². The normalized spacial score (nSPS) is 14.3. The molecule has 0 amide bonds. The van der Waals surface area contributed by atoms with Gasteiger partial charge in [-0.3, -0.25) is 5.32 Å². The number of para-hydroxylation sites is 1. The minimum absolute atomic E-state index is 0.0550. The highest BCUT2D eigenvalue weighted by atomic mass is 28.3. The first kappa shape index (κ1) is 26.3. The second-order valence-electron chi connectivity index (χ2n) is 11.2. The molecule has 5 heteroatoms. The van der Waals surface area contributed by atoms with Gasteiger partial charge in [0.05, 0.1) is 5.60 Å². The fourth-order valence-corrected chi connectivity index (χ4v) is 6.61. The molecule has 2 atom stereocenters. The van der Waals surface area contributed by atoms with Crippen molar-refractivity contribution in [3.63, 3.8) is 0 Å². The van der Waals surface area contributed by atoms with Gasteiger partial charge in [0.15, 0.2) is 6.30 Å². The third-order valence-electron chi connectivity index (χ3n) is 6.66. The topological polar surface area (TPSA) is 37.0 Å². The number of hydrogen-bond donors (Lipinski definition) is 2. The zero-order valence-electron chi connectivity index (χ0n) is 22.2. The number of rotatable bonds is 9. The average molecular weight is 502 g/mol. The van der Waals surface area contributed by atoms with Crippen LogP contribution in [-0.4, -0.2) is 32.0 Å². The average Bonchev–Trinajstić information content (AvgIpc) is 3.25. The molecule has 2 N–H and O–H groups in total. The van der Waals surface area contributed by atoms with Crippen LogP contribution in [0.25, 0.3) is 10.9 Å². The number of nitrogens with one attached hydrogen (secondary N) is 2. The Hall–Kier alpha value is -2.73. The molecular weight excluding hydrogens is 463 g/mol. The molecule has 189 valence electrons. The van der Waals surface area contributed by atoms with Crippen LogP contribution < -0.4 is 15.7 Å². The van der Waals surface area contributed by atoms with E-state index in [4.69, 9.17) is 4.43 Å². The monoisotopic (exact) mass is 501 g/mol. The lowest BCUT2D eigenvalue weighted by Crippen LogP contribution is -2.56. The smallest absolute Gasteiger partial charge is 0.283 e. The fraction of sp³-hybridized carbons (Fsp3) is 0.355. The molecule has 1 heterocycles. The standard InChI is InChI=1S/C31H38FN2OSi/c1-22(20-23-21-33-28-15-11-10-14-27(23)28)34-29(32)31(5,6)35-36(25-12-8-7-9-13-25)26-18-16-24(17-19-26)30(2,3)4/h7-19,21-22,29,33-34H,20H2,1-6H3/t22-,29?/m1/s1. The van der Waals surface area contributed by atoms with E-state index >= 15 is 4.39 Å². The molecule has 0 bridgehead atoms. The van der Waals surface area contributed by atoms with Gasteiger partial charge < -0.3 is 9.41 Å². The molecule has 3 nitrogen and oxygen atoms in total. The molecule has 0 fully saturated rings. The number of hydrogen-bond acceptors (Lipinski definition) is 2. The lowest BCUT2D eigenvalue weighted by atomic mass is 9.87. The SMILES string of the molecule is C[C@H](Cc1c[nH]c2ccccc12)NC(F)C(C)(C)O[Si](c1ccccc1)c1ccc(C(C)(C)C)cc1. The zero-order chi connectivity index (χ0) is 25.9. The van der Waals surface area contributed by atoms with Crippen LogP contribution in [0.3, 0.4) is 0 Å². The largest absolute Gasteiger partial charge is 0.398 e. The van der Waals surface area contributed by atoms with Crippen molar-refractivity contribution in [2.24, 2.45) is 0 Å². The number of H-pyrrole nitrogens is 1. The maximum absolute atomic E-state index is 15.8. The zero-order valence-corrected chi connectivity index (χ0v) is 23.2. The van der Waals surface area contributed by atoms with E-state index in [0.717, 1.165) is 22.3 Å². The second-order valence-corrected chi connectivity index (χ2v) is 13.2. The molecule has 0 saturated heterocycles. The lowest BCUT2D eigenvalue weighted by molar-refractivity contribution is -0.00113. The van der Waals surface area contributed by atoms with Gasteiger partial charge in [-0.15, -0.1) is 0 Å². The van der Waals surface area contributed by atoms with Crippen LogP contribution >= 0.6 is 0 Å². The van der Waals surface area contributed by atoms with Gasteiger partial charge in [0.25, 0.3) is 9.04 Å². The molecule has 4 aromatic rings. The van der Waals surface area contributed by atoms with Crippen LogP contribution in [0.2, 0.25) is 0 Å². The quantitative estimate of drug-likeness (QED) is 0.222. The van der Waals surface area contributed by atoms with Gasteiger partial charge in [0, 0.05) is 23.1 Å². The Labute approximate surface area is 216 Å². The van der Waals surface area contributed by atoms with Crippen LogP contribution in [0.15, 0.2) is 85.1 Å². The van der Waals surface area contributed by atoms with Gasteiger partial charge >= 0.3 is 0 Å². The number of fused-ring (bicyclic) bond motifs is 1. The summed E-state index contributed by atoms with van der Waals surface area (Å²) in [5.41, 5.74) is 2.63. The van der Waals surface area contributed by atoms with Crippen molar-refractivity contribution in [2.75, 3.05) is 0 Å². The number of aromatic amines is 1. The summed E-state index contributed by atoms with van der Waals surface area (Å²) < 4.78 is 22.4. The van der Waals surface area contributed by atoms with Crippen molar-refractivity contribution in [1.82, 2.24) is 10.3 Å². The molecule has 1 unspecified atom stereocenters. The summed E-state index contributed by atoms with van der Waals surface area (Å²) in [6.45, 7) is 12.4. The predicted molar refractivity (Wildman–Crippen MR) is 151 cm³/mol. The minimum atomic E-state index is -1.66. The Morgan fingerprint density at radius 2 is 1.47 bits per heavy atom. The third kappa shape index (κ3) is 6.15. The Balaban J connectivity index is 1.50. The molecule has 4 rings (SSSR count). The summed E-state index contributed by atoms with van der Waals surface area (Å²) >= 11 is 0. The Kier molecular flexibility index (Phi) is 7.84. The first-order valence-electron chi connectivity index (χ1n) is 12.7. The van der Waals surface area contributed by atoms with Crippen LogP contribution in [0.1, 0.15) is 52.7 Å². The highest BCUT2D eigenvalue weighted by Gasteiger charge is 2.36. The van der Waals surface area contributed by atoms with Crippen molar-refractivity contribution < 1.29 is 8.82 Å². The molecule has 0 aliphatic heterocycles. The lowest BCUT2D eigenvalue weighted by Gasteiger charge is -2.35. The van der Waals surface area contributed by atoms with Crippen molar-refractivity contribution >= 4 is 30.3 Å². The van der Waals surface area contributed by atoms with Gasteiger partial charge in [-0.25, -0.2) is 4.39 Å². The van der Waals surface area contributed by atoms with Crippen molar-refractivity contribution in [3.05, 3.63) is 96.2 Å². The van der Waals surface area contributed by atoms with Gasteiger partial charge in [0.1, 0.15) is 0 Å². The van der Waals surface area contributed by atoms with E-state index in [9.17, 15) is 0 Å². The minimum Gasteiger partial charge on any atom is -0.398 e. The van der Waals surface area contributed by atoms with E-state index in [0.29, 0.717) is 0 Å². The van der Waals surface area contributed by atoms with Crippen LogP contribution in [0.5, 0.6) is 0 Å². The third-order valence-corrected chi connectivity index (χ3v) is 9.10. The number of benzene rings is 3. The second kappa shape index (κ2) is 10.7. The number of halogens is 1. The molecule has 36 heavy (non-hydrogen) atoms. The molecule has 0 aliphatic carbocycles. The molecule has 0 aliphatic rings. The first-order valence-corrected chi connectivity index (χ1v) is 14.1. The maximum Gasteiger partial charge on any atom is 0.283 e. The number of alkyl halides is 1. The highest BCUT2D eigenvalue weighted by Crippen LogP contribution is 2.23. The Bertz CT molecular complexity index is 1260. The van der Waals surface area contributed by atoms with Gasteiger partial charge in [-0.1, -0.05) is 93.6 Å². The summed E-state index contributed by atoms with van der Waals surface area (Å²) in [6, 6.07) is 27.0. The Morgan fingerprint density at radius 3 is 2.14 bits per heavy atom. The summed E-state index contributed by atoms with van der Waals surface area (Å²) in [4.78, 5) is 3.31. The Morgan fingerprint density at radius 1 is 0.861 bits per heavy atom. The van der Waals surface area contributed by atoms with Crippen LogP contribution in [-0.2, 0) is 16.3 Å². The summed E-state index contributed by atoms with van der Waals surface area (Å²) in [7, 11) is -1.66. The molecule has 1 radical (unpaired) electrons.